The summed E-state index contributed by atoms with van der Waals surface area (Å²) in [5.41, 5.74) is 3.15. The maximum Gasteiger partial charge on any atom is 0.151 e. The SMILES string of the molecule is C=C(C)CCC(NC(=C)[C@@H](C)CC(=C)C)C(C)=O. The number of nitrogens with one attached hydrogen (secondary N) is 1. The Morgan fingerprint density at radius 3 is 2.06 bits per heavy atom. The Labute approximate surface area is 112 Å². The Hall–Kier alpha value is -1.31. The summed E-state index contributed by atoms with van der Waals surface area (Å²) in [4.78, 5) is 11.6. The molecule has 0 aliphatic heterocycles. The highest BCUT2D eigenvalue weighted by atomic mass is 16.1. The smallest absolute Gasteiger partial charge is 0.151 e. The monoisotopic (exact) mass is 249 g/mol. The van der Waals surface area contributed by atoms with Gasteiger partial charge in [-0.3, -0.25) is 4.79 Å². The van der Waals surface area contributed by atoms with Gasteiger partial charge >= 0.3 is 0 Å². The molecule has 18 heavy (non-hydrogen) atoms. The molecule has 0 rings (SSSR count). The average Bonchev–Trinajstić information content (AvgIpc) is 2.21. The summed E-state index contributed by atoms with van der Waals surface area (Å²) in [5.74, 6) is 0.453. The van der Waals surface area contributed by atoms with Gasteiger partial charge in [-0.25, -0.2) is 0 Å². The van der Waals surface area contributed by atoms with Gasteiger partial charge in [0.2, 0.25) is 0 Å². The van der Waals surface area contributed by atoms with E-state index in [2.05, 4.69) is 32.0 Å². The molecule has 2 heteroatoms. The summed E-state index contributed by atoms with van der Waals surface area (Å²) >= 11 is 0. The lowest BCUT2D eigenvalue weighted by atomic mass is 9.98. The van der Waals surface area contributed by atoms with Crippen molar-refractivity contribution in [3.8, 4) is 0 Å². The summed E-state index contributed by atoms with van der Waals surface area (Å²) < 4.78 is 0. The van der Waals surface area contributed by atoms with E-state index < -0.39 is 0 Å². The van der Waals surface area contributed by atoms with E-state index in [9.17, 15) is 4.79 Å². The van der Waals surface area contributed by atoms with Gasteiger partial charge in [0.25, 0.3) is 0 Å². The predicted octanol–water partition coefficient (Wildman–Crippen LogP) is 4.01. The van der Waals surface area contributed by atoms with Crippen LogP contribution in [0.4, 0.5) is 0 Å². The highest BCUT2D eigenvalue weighted by molar-refractivity contribution is 5.81. The Morgan fingerprint density at radius 1 is 1.11 bits per heavy atom. The van der Waals surface area contributed by atoms with E-state index in [1.54, 1.807) is 6.92 Å². The van der Waals surface area contributed by atoms with E-state index in [4.69, 9.17) is 0 Å². The van der Waals surface area contributed by atoms with Crippen molar-refractivity contribution in [2.24, 2.45) is 5.92 Å². The second-order valence-electron chi connectivity index (χ2n) is 5.39. The normalized spacial score (nSPS) is 13.6. The molecule has 0 spiro atoms. The predicted molar refractivity (Wildman–Crippen MR) is 79.4 cm³/mol. The van der Waals surface area contributed by atoms with Gasteiger partial charge in [0.1, 0.15) is 0 Å². The van der Waals surface area contributed by atoms with Crippen molar-refractivity contribution in [1.29, 1.82) is 0 Å². The van der Waals surface area contributed by atoms with Crippen molar-refractivity contribution in [3.63, 3.8) is 0 Å². The van der Waals surface area contributed by atoms with Crippen molar-refractivity contribution >= 4 is 5.78 Å². The van der Waals surface area contributed by atoms with Crippen molar-refractivity contribution in [2.75, 3.05) is 0 Å². The Balaban J connectivity index is 4.40. The summed E-state index contributed by atoms with van der Waals surface area (Å²) in [6.07, 6.45) is 2.54. The van der Waals surface area contributed by atoms with Crippen LogP contribution in [0.15, 0.2) is 36.6 Å². The second kappa shape index (κ2) is 7.91. The molecule has 0 bridgehead atoms. The molecule has 0 radical (unpaired) electrons. The van der Waals surface area contributed by atoms with E-state index >= 15 is 0 Å². The van der Waals surface area contributed by atoms with E-state index in [0.717, 1.165) is 36.1 Å². The third-order valence-corrected chi connectivity index (χ3v) is 2.96. The highest BCUT2D eigenvalue weighted by Gasteiger charge is 2.16. The van der Waals surface area contributed by atoms with Gasteiger partial charge in [0, 0.05) is 5.70 Å². The zero-order valence-electron chi connectivity index (χ0n) is 12.3. The lowest BCUT2D eigenvalue weighted by Gasteiger charge is -2.23. The van der Waals surface area contributed by atoms with Crippen LogP contribution in [0.3, 0.4) is 0 Å². The molecule has 2 atom stereocenters. The first-order valence-corrected chi connectivity index (χ1v) is 6.48. The number of hydrogen-bond donors (Lipinski definition) is 1. The first kappa shape index (κ1) is 16.7. The van der Waals surface area contributed by atoms with Gasteiger partial charge in [-0.2, -0.15) is 0 Å². The number of rotatable bonds is 9. The molecule has 0 aromatic rings. The largest absolute Gasteiger partial charge is 0.379 e. The molecule has 0 fully saturated rings. The average molecular weight is 249 g/mol. The van der Waals surface area contributed by atoms with E-state index in [-0.39, 0.29) is 11.8 Å². The zero-order chi connectivity index (χ0) is 14.3. The fraction of sp³-hybridized carbons (Fsp3) is 0.562. The van der Waals surface area contributed by atoms with E-state index in [1.165, 1.54) is 0 Å². The van der Waals surface area contributed by atoms with Crippen LogP contribution in [0.25, 0.3) is 0 Å². The van der Waals surface area contributed by atoms with Crippen LogP contribution in [0.5, 0.6) is 0 Å². The summed E-state index contributed by atoms with van der Waals surface area (Å²) in [5, 5.41) is 3.25. The van der Waals surface area contributed by atoms with Crippen LogP contribution in [0.2, 0.25) is 0 Å². The molecule has 2 nitrogen and oxygen atoms in total. The number of hydrogen-bond acceptors (Lipinski definition) is 2. The lowest BCUT2D eigenvalue weighted by molar-refractivity contribution is -0.118. The maximum atomic E-state index is 11.6. The first-order chi connectivity index (χ1) is 8.23. The fourth-order valence-electron chi connectivity index (χ4n) is 1.78. The van der Waals surface area contributed by atoms with Crippen LogP contribution >= 0.6 is 0 Å². The maximum absolute atomic E-state index is 11.6. The molecule has 1 N–H and O–H groups in total. The van der Waals surface area contributed by atoms with Gasteiger partial charge in [-0.15, -0.1) is 13.2 Å². The third kappa shape index (κ3) is 7.10. The molecule has 0 aliphatic carbocycles. The number of carbonyl (C=O) groups excluding carboxylic acids is 1. The summed E-state index contributed by atoms with van der Waals surface area (Å²) in [6, 6.07) is -0.151. The molecule has 102 valence electrons. The van der Waals surface area contributed by atoms with Crippen molar-refractivity contribution in [2.45, 2.75) is 53.0 Å². The van der Waals surface area contributed by atoms with Crippen LogP contribution in [0.1, 0.15) is 47.0 Å². The third-order valence-electron chi connectivity index (χ3n) is 2.96. The number of allylic oxidation sites excluding steroid dienone is 3. The standard InChI is InChI=1S/C16H27NO/c1-11(2)8-9-16(15(7)18)17-14(6)13(5)10-12(3)4/h13,16-17H,1,3,6,8-10H2,2,4-5,7H3/t13-,16?/m0/s1. The number of Topliss-reactive ketones (excluding diaryl/α,β-unsaturated/α-hetero) is 1. The second-order valence-corrected chi connectivity index (χ2v) is 5.39. The minimum Gasteiger partial charge on any atom is -0.379 e. The molecule has 0 aromatic heterocycles. The van der Waals surface area contributed by atoms with Crippen molar-refractivity contribution in [1.82, 2.24) is 5.32 Å². The molecular formula is C16H27NO. The van der Waals surface area contributed by atoms with Crippen LogP contribution in [0, 0.1) is 5.92 Å². The molecule has 0 heterocycles. The molecule has 0 saturated carbocycles. The van der Waals surface area contributed by atoms with Gasteiger partial charge in [-0.05, 0) is 46.0 Å². The van der Waals surface area contributed by atoms with Gasteiger partial charge in [-0.1, -0.05) is 24.6 Å². The molecule has 0 aliphatic rings. The Bertz CT molecular complexity index is 341. The van der Waals surface area contributed by atoms with Crippen molar-refractivity contribution < 1.29 is 4.79 Å². The van der Waals surface area contributed by atoms with Crippen LogP contribution in [-0.2, 0) is 4.79 Å². The molecule has 0 saturated heterocycles. The fourth-order valence-corrected chi connectivity index (χ4v) is 1.78. The summed E-state index contributed by atoms with van der Waals surface area (Å²) in [6.45, 7) is 19.5. The van der Waals surface area contributed by atoms with Crippen molar-refractivity contribution in [3.05, 3.63) is 36.6 Å². The number of ketones is 1. The molecule has 1 unspecified atom stereocenters. The molecule has 0 aromatic carbocycles. The Morgan fingerprint density at radius 2 is 1.67 bits per heavy atom. The minimum absolute atomic E-state index is 0.151. The number of carbonyl (C=O) groups is 1. The topological polar surface area (TPSA) is 29.1 Å². The lowest BCUT2D eigenvalue weighted by Crippen LogP contribution is -2.36. The van der Waals surface area contributed by atoms with E-state index in [0.29, 0.717) is 5.92 Å². The van der Waals surface area contributed by atoms with Crippen LogP contribution < -0.4 is 5.32 Å². The van der Waals surface area contributed by atoms with Gasteiger partial charge in [0.05, 0.1) is 6.04 Å². The highest BCUT2D eigenvalue weighted by Crippen LogP contribution is 2.17. The summed E-state index contributed by atoms with van der Waals surface area (Å²) in [7, 11) is 0. The Kier molecular flexibility index (Phi) is 7.33. The minimum atomic E-state index is -0.151. The van der Waals surface area contributed by atoms with Gasteiger partial charge in [0.15, 0.2) is 5.78 Å². The molecular weight excluding hydrogens is 222 g/mol. The van der Waals surface area contributed by atoms with E-state index in [1.807, 2.05) is 13.8 Å². The first-order valence-electron chi connectivity index (χ1n) is 6.48. The zero-order valence-corrected chi connectivity index (χ0v) is 12.3. The van der Waals surface area contributed by atoms with Crippen LogP contribution in [-0.4, -0.2) is 11.8 Å². The van der Waals surface area contributed by atoms with Gasteiger partial charge < -0.3 is 5.32 Å². The molecule has 0 amide bonds. The quantitative estimate of drug-likeness (QED) is 0.626.